The number of aromatic nitrogens is 1. The molecule has 0 saturated carbocycles. The molecule has 1 N–H and O–H groups in total. The monoisotopic (exact) mass is 323 g/mol. The zero-order chi connectivity index (χ0) is 14.9. The van der Waals surface area contributed by atoms with Crippen LogP contribution in [0.5, 0.6) is 0 Å². The van der Waals surface area contributed by atoms with Crippen molar-refractivity contribution in [1.29, 1.82) is 0 Å². The van der Waals surface area contributed by atoms with E-state index in [0.29, 0.717) is 0 Å². The fraction of sp³-hybridized carbons (Fsp3) is 0.533. The maximum atomic E-state index is 11.5. The van der Waals surface area contributed by atoms with Crippen LogP contribution in [-0.4, -0.2) is 50.8 Å². The molecule has 1 saturated heterocycles. The molecule has 1 aliphatic rings. The number of rotatable bonds is 4. The van der Waals surface area contributed by atoms with Crippen LogP contribution in [0.2, 0.25) is 0 Å². The average molecular weight is 323 g/mol. The number of nitrogens with zero attached hydrogens (tertiary/aromatic N) is 2. The van der Waals surface area contributed by atoms with Crippen LogP contribution >= 0.6 is 11.3 Å². The molecule has 0 spiro atoms. The number of para-hydroxylation sites is 1. The Labute approximate surface area is 132 Å². The quantitative estimate of drug-likeness (QED) is 0.939. The Morgan fingerprint density at radius 3 is 2.76 bits per heavy atom. The van der Waals surface area contributed by atoms with Crippen molar-refractivity contribution in [3.05, 3.63) is 24.3 Å². The lowest BCUT2D eigenvalue weighted by Gasteiger charge is -2.40. The smallest absolute Gasteiger partial charge is 0.183 e. The van der Waals surface area contributed by atoms with E-state index in [1.54, 1.807) is 11.3 Å². The summed E-state index contributed by atoms with van der Waals surface area (Å²) in [5.41, 5.74) is 1.10. The van der Waals surface area contributed by atoms with E-state index in [4.69, 9.17) is 0 Å². The Morgan fingerprint density at radius 2 is 2.05 bits per heavy atom. The Hall–Kier alpha value is -0.980. The van der Waals surface area contributed by atoms with E-state index in [1.165, 1.54) is 4.70 Å². The summed E-state index contributed by atoms with van der Waals surface area (Å²) in [4.78, 5) is 7.04. The first kappa shape index (κ1) is 14.9. The summed E-state index contributed by atoms with van der Waals surface area (Å²) in [6, 6.07) is 8.21. The SMILES string of the molecule is CC(C)(CNc1nc2ccccc2s1)N1CCS(=O)CC1. The van der Waals surface area contributed by atoms with E-state index in [9.17, 15) is 4.21 Å². The van der Waals surface area contributed by atoms with Crippen molar-refractivity contribution in [2.24, 2.45) is 0 Å². The van der Waals surface area contributed by atoms with E-state index in [2.05, 4.69) is 35.1 Å². The first-order chi connectivity index (χ1) is 10.0. The first-order valence-electron chi connectivity index (χ1n) is 7.24. The van der Waals surface area contributed by atoms with Gasteiger partial charge >= 0.3 is 0 Å². The van der Waals surface area contributed by atoms with Crippen LogP contribution in [0.15, 0.2) is 24.3 Å². The van der Waals surface area contributed by atoms with Gasteiger partial charge in [-0.3, -0.25) is 9.11 Å². The molecule has 0 radical (unpaired) electrons. The van der Waals surface area contributed by atoms with Gasteiger partial charge in [0.05, 0.1) is 10.2 Å². The Kier molecular flexibility index (Phi) is 4.28. The molecule has 3 rings (SSSR count). The van der Waals surface area contributed by atoms with Crippen LogP contribution < -0.4 is 5.32 Å². The topological polar surface area (TPSA) is 45.2 Å². The van der Waals surface area contributed by atoms with Gasteiger partial charge in [0.25, 0.3) is 0 Å². The Balaban J connectivity index is 1.64. The van der Waals surface area contributed by atoms with Gasteiger partial charge in [-0.25, -0.2) is 4.98 Å². The van der Waals surface area contributed by atoms with Crippen molar-refractivity contribution in [1.82, 2.24) is 9.88 Å². The van der Waals surface area contributed by atoms with Gasteiger partial charge in [0, 0.05) is 47.5 Å². The van der Waals surface area contributed by atoms with E-state index in [1.807, 2.05) is 18.2 Å². The van der Waals surface area contributed by atoms with Crippen LogP contribution in [0.25, 0.3) is 10.2 Å². The predicted molar refractivity (Wildman–Crippen MR) is 91.6 cm³/mol. The summed E-state index contributed by atoms with van der Waals surface area (Å²) in [6.07, 6.45) is 0. The molecule has 0 amide bonds. The normalized spacial score (nSPS) is 18.2. The average Bonchev–Trinajstić information content (AvgIpc) is 2.89. The fourth-order valence-electron chi connectivity index (χ4n) is 2.59. The van der Waals surface area contributed by atoms with Crippen molar-refractivity contribution in [3.63, 3.8) is 0 Å². The number of anilines is 1. The van der Waals surface area contributed by atoms with Gasteiger partial charge in [0.15, 0.2) is 5.13 Å². The lowest BCUT2D eigenvalue weighted by molar-refractivity contribution is 0.145. The number of hydrogen-bond donors (Lipinski definition) is 1. The van der Waals surface area contributed by atoms with E-state index in [-0.39, 0.29) is 5.54 Å². The van der Waals surface area contributed by atoms with Crippen LogP contribution in [0, 0.1) is 0 Å². The summed E-state index contributed by atoms with van der Waals surface area (Å²) in [5.74, 6) is 1.59. The van der Waals surface area contributed by atoms with Gasteiger partial charge in [-0.1, -0.05) is 23.5 Å². The third-order valence-corrected chi connectivity index (χ3v) is 6.27. The first-order valence-corrected chi connectivity index (χ1v) is 9.54. The van der Waals surface area contributed by atoms with Crippen molar-refractivity contribution < 1.29 is 4.21 Å². The summed E-state index contributed by atoms with van der Waals surface area (Å²) in [6.45, 7) is 7.16. The summed E-state index contributed by atoms with van der Waals surface area (Å²) in [7, 11) is -0.619. The van der Waals surface area contributed by atoms with E-state index < -0.39 is 10.8 Å². The molecule has 2 heterocycles. The third kappa shape index (κ3) is 3.44. The molecule has 0 bridgehead atoms. The maximum Gasteiger partial charge on any atom is 0.183 e. The Bertz CT molecular complexity index is 610. The minimum atomic E-state index is -0.619. The molecule has 6 heteroatoms. The largest absolute Gasteiger partial charge is 0.360 e. The molecule has 1 aromatic carbocycles. The number of nitrogens with one attached hydrogen (secondary N) is 1. The minimum Gasteiger partial charge on any atom is -0.360 e. The fourth-order valence-corrected chi connectivity index (χ4v) is 4.51. The van der Waals surface area contributed by atoms with E-state index >= 15 is 0 Å². The van der Waals surface area contributed by atoms with Gasteiger partial charge in [0.1, 0.15) is 0 Å². The Morgan fingerprint density at radius 1 is 1.33 bits per heavy atom. The highest BCUT2D eigenvalue weighted by atomic mass is 32.2. The molecule has 1 fully saturated rings. The highest BCUT2D eigenvalue weighted by molar-refractivity contribution is 7.85. The number of fused-ring (bicyclic) bond motifs is 1. The second-order valence-corrected chi connectivity index (χ2v) is 8.71. The zero-order valence-electron chi connectivity index (χ0n) is 12.5. The molecule has 114 valence electrons. The summed E-state index contributed by atoms with van der Waals surface area (Å²) >= 11 is 1.70. The summed E-state index contributed by atoms with van der Waals surface area (Å²) in [5, 5.41) is 4.45. The lowest BCUT2D eigenvalue weighted by Crippen LogP contribution is -2.53. The molecule has 4 nitrogen and oxygen atoms in total. The molecule has 2 aromatic rings. The third-order valence-electron chi connectivity index (χ3n) is 4.00. The highest BCUT2D eigenvalue weighted by Crippen LogP contribution is 2.26. The van der Waals surface area contributed by atoms with Crippen LogP contribution in [0.4, 0.5) is 5.13 Å². The van der Waals surface area contributed by atoms with Gasteiger partial charge < -0.3 is 5.32 Å². The van der Waals surface area contributed by atoms with Crippen molar-refractivity contribution in [2.75, 3.05) is 36.5 Å². The second-order valence-electron chi connectivity index (χ2n) is 5.99. The molecule has 0 unspecified atom stereocenters. The second kappa shape index (κ2) is 6.02. The van der Waals surface area contributed by atoms with Crippen molar-refractivity contribution >= 4 is 37.5 Å². The van der Waals surface area contributed by atoms with Crippen LogP contribution in [0.1, 0.15) is 13.8 Å². The lowest BCUT2D eigenvalue weighted by atomic mass is 10.0. The number of hydrogen-bond acceptors (Lipinski definition) is 5. The van der Waals surface area contributed by atoms with E-state index in [0.717, 1.165) is 41.8 Å². The van der Waals surface area contributed by atoms with Crippen molar-refractivity contribution in [2.45, 2.75) is 19.4 Å². The van der Waals surface area contributed by atoms with Gasteiger partial charge in [0.2, 0.25) is 0 Å². The molecule has 0 aliphatic carbocycles. The standard InChI is InChI=1S/C15H21N3OS2/c1-15(2,18-7-9-21(19)10-8-18)11-16-14-17-12-5-3-4-6-13(12)20-14/h3-6H,7-11H2,1-2H3,(H,16,17). The predicted octanol–water partition coefficient (Wildman–Crippen LogP) is 2.55. The van der Waals surface area contributed by atoms with Gasteiger partial charge in [-0.05, 0) is 26.0 Å². The zero-order valence-corrected chi connectivity index (χ0v) is 14.1. The molecule has 0 atom stereocenters. The molecular formula is C15H21N3OS2. The molecule has 21 heavy (non-hydrogen) atoms. The molecule has 1 aromatic heterocycles. The highest BCUT2D eigenvalue weighted by Gasteiger charge is 2.29. The number of thiazole rings is 1. The van der Waals surface area contributed by atoms with Crippen LogP contribution in [0.3, 0.4) is 0 Å². The van der Waals surface area contributed by atoms with Gasteiger partial charge in [-0.15, -0.1) is 0 Å². The summed E-state index contributed by atoms with van der Waals surface area (Å²) < 4.78 is 12.7. The minimum absolute atomic E-state index is 0.0441. The van der Waals surface area contributed by atoms with Crippen molar-refractivity contribution in [3.8, 4) is 0 Å². The maximum absolute atomic E-state index is 11.5. The molecular weight excluding hydrogens is 302 g/mol. The number of benzene rings is 1. The molecule has 1 aliphatic heterocycles. The van der Waals surface area contributed by atoms with Gasteiger partial charge in [-0.2, -0.15) is 0 Å². The van der Waals surface area contributed by atoms with Crippen LogP contribution in [-0.2, 0) is 10.8 Å².